The summed E-state index contributed by atoms with van der Waals surface area (Å²) in [6.45, 7) is 26.3. The van der Waals surface area contributed by atoms with Gasteiger partial charge in [0, 0.05) is 34.5 Å². The van der Waals surface area contributed by atoms with Crippen molar-refractivity contribution in [2.45, 2.75) is 130 Å². The molecule has 6 heteroatoms. The Kier molecular flexibility index (Phi) is 5.98. The van der Waals surface area contributed by atoms with Crippen molar-refractivity contribution in [1.29, 1.82) is 0 Å². The Morgan fingerprint density at radius 1 is 0.477 bits per heavy atom. The number of hydrogen-bond acceptors (Lipinski definition) is 6. The number of aliphatic hydroxyl groups is 2. The van der Waals surface area contributed by atoms with Crippen molar-refractivity contribution in [3.05, 3.63) is 48.6 Å². The molecule has 0 radical (unpaired) electrons. The summed E-state index contributed by atoms with van der Waals surface area (Å²) in [5, 5.41) is 23.1. The van der Waals surface area contributed by atoms with E-state index in [4.69, 9.17) is 18.9 Å². The number of rotatable bonds is 0. The van der Waals surface area contributed by atoms with Crippen molar-refractivity contribution in [3.8, 4) is 0 Å². The van der Waals surface area contributed by atoms with Gasteiger partial charge < -0.3 is 29.2 Å². The summed E-state index contributed by atoms with van der Waals surface area (Å²) in [5.41, 5.74) is -1.27. The molecule has 0 amide bonds. The van der Waals surface area contributed by atoms with Gasteiger partial charge in [0.15, 0.2) is 23.1 Å². The van der Waals surface area contributed by atoms with Gasteiger partial charge in [0.2, 0.25) is 0 Å². The quantitative estimate of drug-likeness (QED) is 0.301. The Balaban J connectivity index is 0.000000142. The molecule has 10 aliphatic rings. The van der Waals surface area contributed by atoms with Crippen molar-refractivity contribution >= 4 is 0 Å². The number of hydrogen-bond donors (Lipinski definition) is 2. The first-order valence-corrected chi connectivity index (χ1v) is 16.9. The second-order valence-electron chi connectivity index (χ2n) is 19.2. The first-order valence-electron chi connectivity index (χ1n) is 16.9. The Labute approximate surface area is 264 Å². The van der Waals surface area contributed by atoms with E-state index in [1.165, 1.54) is 0 Å². The fourth-order valence-corrected chi connectivity index (χ4v) is 10.8. The lowest BCUT2D eigenvalue weighted by molar-refractivity contribution is -0.432. The first kappa shape index (κ1) is 31.3. The molecule has 6 aliphatic heterocycles. The Hall–Kier alpha value is -1.28. The average Bonchev–Trinajstić information content (AvgIpc) is 3.40. The van der Waals surface area contributed by atoms with E-state index in [0.717, 1.165) is 12.8 Å². The lowest BCUT2D eigenvalue weighted by Crippen LogP contribution is -2.66. The predicted molar refractivity (Wildman–Crippen MR) is 170 cm³/mol. The van der Waals surface area contributed by atoms with E-state index < -0.39 is 23.1 Å². The molecule has 44 heavy (non-hydrogen) atoms. The monoisotopic (exact) mass is 608 g/mol. The molecule has 0 aromatic heterocycles. The highest BCUT2D eigenvalue weighted by Crippen LogP contribution is 2.76. The third-order valence-corrected chi connectivity index (χ3v) is 13.1. The summed E-state index contributed by atoms with van der Waals surface area (Å²) in [4.78, 5) is 0. The second kappa shape index (κ2) is 8.41. The fraction of sp³-hybridized carbons (Fsp3) is 0.789. The van der Waals surface area contributed by atoms with E-state index >= 15 is 0 Å². The van der Waals surface area contributed by atoms with Crippen LogP contribution in [-0.4, -0.2) is 44.6 Å². The van der Waals surface area contributed by atoms with Gasteiger partial charge in [-0.25, -0.2) is 0 Å². The second-order valence-corrected chi connectivity index (χ2v) is 19.2. The Morgan fingerprint density at radius 3 is 1.09 bits per heavy atom. The highest BCUT2D eigenvalue weighted by molar-refractivity contribution is 5.34. The van der Waals surface area contributed by atoms with Crippen molar-refractivity contribution in [1.82, 2.24) is 0 Å². The standard InChI is InChI=1S/2C19H28O3/c2*1-15(2,3)17-11-13-12-9-7-8-10-14(17)18(12,20)22-19(13,21-17)16(4,5)6/h2*7-10,12-14,20H,11H2,1-6H3/t2*12-,13+,14+,17-,18+,19+/m11/s1. The van der Waals surface area contributed by atoms with E-state index in [2.05, 4.69) is 120 Å². The molecule has 4 aliphatic carbocycles. The van der Waals surface area contributed by atoms with Crippen LogP contribution in [0.5, 0.6) is 0 Å². The molecular weight excluding hydrogens is 552 g/mol. The van der Waals surface area contributed by atoms with Crippen LogP contribution in [0, 0.1) is 57.2 Å². The molecule has 12 atom stereocenters. The zero-order valence-electron chi connectivity index (χ0n) is 29.0. The topological polar surface area (TPSA) is 77.4 Å². The lowest BCUT2D eigenvalue weighted by Gasteiger charge is -2.58. The van der Waals surface area contributed by atoms with E-state index in [1.807, 2.05) is 12.2 Å². The van der Waals surface area contributed by atoms with Gasteiger partial charge in [0.05, 0.1) is 23.0 Å². The lowest BCUT2D eigenvalue weighted by atomic mass is 9.56. The molecular formula is C38H56O6. The molecule has 8 fully saturated rings. The average molecular weight is 609 g/mol. The maximum atomic E-state index is 11.5. The van der Waals surface area contributed by atoms with Crippen LogP contribution >= 0.6 is 0 Å². The molecule has 0 aromatic rings. The largest absolute Gasteiger partial charge is 0.364 e. The van der Waals surface area contributed by atoms with Crippen molar-refractivity contribution in [2.24, 2.45) is 57.2 Å². The van der Waals surface area contributed by atoms with Crippen LogP contribution in [0.15, 0.2) is 48.6 Å². The summed E-state index contributed by atoms with van der Waals surface area (Å²) in [6, 6.07) is 0. The summed E-state index contributed by atoms with van der Waals surface area (Å²) >= 11 is 0. The van der Waals surface area contributed by atoms with Crippen LogP contribution in [0.4, 0.5) is 0 Å². The summed E-state index contributed by atoms with van der Waals surface area (Å²) < 4.78 is 26.4. The normalized spacial score (nSPS) is 52.4. The highest BCUT2D eigenvalue weighted by atomic mass is 16.8. The maximum absolute atomic E-state index is 11.5. The molecule has 0 aromatic carbocycles. The minimum absolute atomic E-state index is 0.00435. The van der Waals surface area contributed by atoms with Crippen LogP contribution in [0.3, 0.4) is 0 Å². The fourth-order valence-electron chi connectivity index (χ4n) is 10.8. The molecule has 10 rings (SSSR count). The van der Waals surface area contributed by atoms with E-state index in [0.29, 0.717) is 0 Å². The molecule has 6 heterocycles. The van der Waals surface area contributed by atoms with E-state index in [9.17, 15) is 10.2 Å². The first-order chi connectivity index (χ1) is 20.0. The molecule has 6 saturated heterocycles. The van der Waals surface area contributed by atoms with Crippen LogP contribution in [0.25, 0.3) is 0 Å². The van der Waals surface area contributed by atoms with Gasteiger partial charge >= 0.3 is 0 Å². The number of ether oxygens (including phenoxy) is 4. The van der Waals surface area contributed by atoms with Crippen LogP contribution in [0.1, 0.15) is 95.9 Å². The zero-order valence-corrected chi connectivity index (χ0v) is 29.0. The van der Waals surface area contributed by atoms with Gasteiger partial charge in [-0.2, -0.15) is 0 Å². The molecule has 6 nitrogen and oxygen atoms in total. The number of allylic oxidation sites excluding steroid dienone is 4. The summed E-state index contributed by atoms with van der Waals surface area (Å²) in [7, 11) is 0. The summed E-state index contributed by atoms with van der Waals surface area (Å²) in [5.74, 6) is -3.56. The SMILES string of the molecule is CC(C)(C)[C@@]12O[C@@]3(O)[C@@H]4C=CC=C[C@H]3[C@@](C(C)(C)C)(C[C@@H]41)O2.CC(C)(C)[C@@]12O[C@@]3(O)[C@@H]4C=CC=C[C@H]3[C@@](C(C)(C)C)(C[C@@H]41)O2. The Bertz CT molecular complexity index is 1260. The predicted octanol–water partition coefficient (Wildman–Crippen LogP) is 7.28. The molecule has 0 unspecified atom stereocenters. The van der Waals surface area contributed by atoms with Gasteiger partial charge in [-0.15, -0.1) is 0 Å². The smallest absolute Gasteiger partial charge is 0.184 e. The van der Waals surface area contributed by atoms with Crippen LogP contribution in [0.2, 0.25) is 0 Å². The van der Waals surface area contributed by atoms with Gasteiger partial charge in [-0.3, -0.25) is 0 Å². The minimum atomic E-state index is -1.15. The minimum Gasteiger partial charge on any atom is -0.364 e. The van der Waals surface area contributed by atoms with Crippen molar-refractivity contribution < 1.29 is 29.2 Å². The van der Waals surface area contributed by atoms with Gasteiger partial charge in [-0.1, -0.05) is 132 Å². The van der Waals surface area contributed by atoms with Crippen LogP contribution < -0.4 is 0 Å². The third kappa shape index (κ3) is 3.34. The molecule has 12 bridgehead atoms. The van der Waals surface area contributed by atoms with Gasteiger partial charge in [0.25, 0.3) is 0 Å². The van der Waals surface area contributed by atoms with Gasteiger partial charge in [0.1, 0.15) is 0 Å². The summed E-state index contributed by atoms with van der Waals surface area (Å²) in [6.07, 6.45) is 18.5. The van der Waals surface area contributed by atoms with Crippen molar-refractivity contribution in [3.63, 3.8) is 0 Å². The molecule has 244 valence electrons. The Morgan fingerprint density at radius 2 is 0.795 bits per heavy atom. The van der Waals surface area contributed by atoms with E-state index in [-0.39, 0.29) is 68.4 Å². The van der Waals surface area contributed by atoms with Crippen molar-refractivity contribution in [2.75, 3.05) is 0 Å². The van der Waals surface area contributed by atoms with E-state index in [1.54, 1.807) is 0 Å². The molecule has 2 N–H and O–H groups in total. The third-order valence-electron chi connectivity index (χ3n) is 13.1. The van der Waals surface area contributed by atoms with Gasteiger partial charge in [-0.05, 0) is 23.7 Å². The van der Waals surface area contributed by atoms with Crippen LogP contribution in [-0.2, 0) is 18.9 Å². The zero-order chi connectivity index (χ0) is 32.4. The molecule has 0 spiro atoms. The maximum Gasteiger partial charge on any atom is 0.184 e. The highest BCUT2D eigenvalue weighted by Gasteiger charge is 2.85. The molecule has 2 saturated carbocycles.